The van der Waals surface area contributed by atoms with E-state index >= 15 is 0 Å². The molecule has 0 saturated carbocycles. The van der Waals surface area contributed by atoms with Gasteiger partial charge in [-0.25, -0.2) is 4.39 Å². The molecule has 0 bridgehead atoms. The summed E-state index contributed by atoms with van der Waals surface area (Å²) >= 11 is 0. The average Bonchev–Trinajstić information content (AvgIpc) is 2.47. The van der Waals surface area contributed by atoms with Gasteiger partial charge in [0.15, 0.2) is 0 Å². The molecule has 1 atom stereocenters. The second-order valence-electron chi connectivity index (χ2n) is 5.56. The van der Waals surface area contributed by atoms with E-state index in [0.717, 1.165) is 18.7 Å². The first-order valence-electron chi connectivity index (χ1n) is 7.12. The molecule has 6 heteroatoms. The number of aromatic nitrogens is 1. The summed E-state index contributed by atoms with van der Waals surface area (Å²) < 4.78 is 13.2. The number of amides is 1. The van der Waals surface area contributed by atoms with Gasteiger partial charge >= 0.3 is 5.97 Å². The van der Waals surface area contributed by atoms with Crippen molar-refractivity contribution in [1.29, 1.82) is 0 Å². The van der Waals surface area contributed by atoms with Crippen molar-refractivity contribution in [2.75, 3.05) is 13.1 Å². The molecule has 114 valence electrons. The first-order chi connectivity index (χ1) is 9.98. The Hall–Kier alpha value is -1.98. The van der Waals surface area contributed by atoms with Crippen molar-refractivity contribution in [3.8, 4) is 0 Å². The molecule has 2 heterocycles. The molecule has 0 aromatic carbocycles. The lowest BCUT2D eigenvalue weighted by atomic mass is 9.76. The van der Waals surface area contributed by atoms with Gasteiger partial charge in [-0.15, -0.1) is 0 Å². The number of carbonyl (C=O) groups is 2. The number of hydrogen-bond acceptors (Lipinski definition) is 3. The third-order valence-corrected chi connectivity index (χ3v) is 4.00. The van der Waals surface area contributed by atoms with E-state index in [9.17, 15) is 19.1 Å². The minimum absolute atomic E-state index is 0.160. The normalized spacial score (nSPS) is 22.1. The molecular formula is C15H19FN2O3. The van der Waals surface area contributed by atoms with Crippen molar-refractivity contribution in [2.45, 2.75) is 32.6 Å². The number of pyridine rings is 1. The van der Waals surface area contributed by atoms with E-state index in [-0.39, 0.29) is 18.0 Å². The van der Waals surface area contributed by atoms with Gasteiger partial charge < -0.3 is 10.0 Å². The van der Waals surface area contributed by atoms with Gasteiger partial charge in [-0.2, -0.15) is 0 Å². The van der Waals surface area contributed by atoms with Crippen LogP contribution in [0.25, 0.3) is 0 Å². The van der Waals surface area contributed by atoms with E-state index in [4.69, 9.17) is 0 Å². The Morgan fingerprint density at radius 2 is 2.24 bits per heavy atom. The van der Waals surface area contributed by atoms with Crippen LogP contribution in [-0.2, 0) is 4.79 Å². The number of likely N-dealkylation sites (tertiary alicyclic amines) is 1. The number of nitrogens with zero attached hydrogens (tertiary/aromatic N) is 2. The number of halogens is 1. The molecule has 1 fully saturated rings. The first kappa shape index (κ1) is 15.4. The maximum atomic E-state index is 13.2. The minimum atomic E-state index is -0.886. The zero-order chi connectivity index (χ0) is 15.5. The van der Waals surface area contributed by atoms with Gasteiger partial charge in [0.05, 0.1) is 17.2 Å². The van der Waals surface area contributed by atoms with Crippen LogP contribution in [-0.4, -0.2) is 40.0 Å². The molecule has 1 saturated heterocycles. The van der Waals surface area contributed by atoms with E-state index in [0.29, 0.717) is 25.8 Å². The van der Waals surface area contributed by atoms with Crippen molar-refractivity contribution >= 4 is 11.9 Å². The van der Waals surface area contributed by atoms with Crippen molar-refractivity contribution < 1.29 is 19.1 Å². The zero-order valence-corrected chi connectivity index (χ0v) is 12.0. The predicted molar refractivity (Wildman–Crippen MR) is 74.3 cm³/mol. The molecule has 2 rings (SSSR count). The SMILES string of the molecule is CCCC1(C(=O)O)CCCN(C(=O)c2cncc(F)c2)C1. The number of aliphatic carboxylic acids is 1. The van der Waals surface area contributed by atoms with Gasteiger partial charge in [-0.3, -0.25) is 14.6 Å². The van der Waals surface area contributed by atoms with Crippen molar-refractivity contribution in [1.82, 2.24) is 9.88 Å². The van der Waals surface area contributed by atoms with Crippen molar-refractivity contribution in [3.05, 3.63) is 29.8 Å². The van der Waals surface area contributed by atoms with E-state index in [1.165, 1.54) is 11.1 Å². The Kier molecular flexibility index (Phi) is 4.55. The Morgan fingerprint density at radius 3 is 2.86 bits per heavy atom. The Morgan fingerprint density at radius 1 is 1.48 bits per heavy atom. The highest BCUT2D eigenvalue weighted by molar-refractivity contribution is 5.94. The van der Waals surface area contributed by atoms with Gasteiger partial charge in [0.2, 0.25) is 0 Å². The van der Waals surface area contributed by atoms with Crippen LogP contribution in [0.5, 0.6) is 0 Å². The lowest BCUT2D eigenvalue weighted by Gasteiger charge is -2.39. The third kappa shape index (κ3) is 3.20. The summed E-state index contributed by atoms with van der Waals surface area (Å²) in [4.78, 5) is 29.2. The highest BCUT2D eigenvalue weighted by Gasteiger charge is 2.42. The van der Waals surface area contributed by atoms with E-state index in [1.807, 2.05) is 6.92 Å². The third-order valence-electron chi connectivity index (χ3n) is 4.00. The van der Waals surface area contributed by atoms with Crippen LogP contribution in [0.15, 0.2) is 18.5 Å². The average molecular weight is 294 g/mol. The molecule has 1 aromatic rings. The fourth-order valence-electron chi connectivity index (χ4n) is 2.98. The summed E-state index contributed by atoms with van der Waals surface area (Å²) in [7, 11) is 0. The van der Waals surface area contributed by atoms with Crippen LogP contribution in [0.2, 0.25) is 0 Å². The molecule has 0 spiro atoms. The van der Waals surface area contributed by atoms with Crippen molar-refractivity contribution in [2.24, 2.45) is 5.41 Å². The van der Waals surface area contributed by atoms with Crippen LogP contribution in [0.3, 0.4) is 0 Å². The Balaban J connectivity index is 2.20. The van der Waals surface area contributed by atoms with Gasteiger partial charge in [0.1, 0.15) is 5.82 Å². The van der Waals surface area contributed by atoms with Gasteiger partial charge in [0.25, 0.3) is 5.91 Å². The van der Waals surface area contributed by atoms with E-state index in [1.54, 1.807) is 0 Å². The van der Waals surface area contributed by atoms with E-state index < -0.39 is 17.2 Å². The molecule has 1 unspecified atom stereocenters. The first-order valence-corrected chi connectivity index (χ1v) is 7.12. The largest absolute Gasteiger partial charge is 0.481 e. The van der Waals surface area contributed by atoms with Crippen LogP contribution in [0.4, 0.5) is 4.39 Å². The highest BCUT2D eigenvalue weighted by atomic mass is 19.1. The van der Waals surface area contributed by atoms with Crippen LogP contribution >= 0.6 is 0 Å². The van der Waals surface area contributed by atoms with Crippen LogP contribution in [0, 0.1) is 11.2 Å². The molecule has 21 heavy (non-hydrogen) atoms. The summed E-state index contributed by atoms with van der Waals surface area (Å²) in [6, 6.07) is 1.13. The minimum Gasteiger partial charge on any atom is -0.481 e. The summed E-state index contributed by atoms with van der Waals surface area (Å²) in [5.41, 5.74) is -0.726. The monoisotopic (exact) mass is 294 g/mol. The fourth-order valence-corrected chi connectivity index (χ4v) is 2.98. The molecule has 1 aliphatic rings. The highest BCUT2D eigenvalue weighted by Crippen LogP contribution is 2.35. The molecule has 1 N–H and O–H groups in total. The van der Waals surface area contributed by atoms with Gasteiger partial charge in [-0.05, 0) is 25.3 Å². The predicted octanol–water partition coefficient (Wildman–Crippen LogP) is 2.33. The van der Waals surface area contributed by atoms with Gasteiger partial charge in [-0.1, -0.05) is 13.3 Å². The topological polar surface area (TPSA) is 70.5 Å². The smallest absolute Gasteiger partial charge is 0.311 e. The zero-order valence-electron chi connectivity index (χ0n) is 12.0. The van der Waals surface area contributed by atoms with Crippen LogP contribution < -0.4 is 0 Å². The Bertz CT molecular complexity index is 545. The summed E-state index contributed by atoms with van der Waals surface area (Å²) in [6.45, 7) is 2.60. The van der Waals surface area contributed by atoms with Crippen molar-refractivity contribution in [3.63, 3.8) is 0 Å². The molecule has 0 radical (unpaired) electrons. The molecule has 1 aromatic heterocycles. The summed E-state index contributed by atoms with van der Waals surface area (Å²) in [6.07, 6.45) is 4.83. The second-order valence-corrected chi connectivity index (χ2v) is 5.56. The summed E-state index contributed by atoms with van der Waals surface area (Å²) in [5, 5.41) is 9.52. The molecule has 0 aliphatic carbocycles. The number of carbonyl (C=O) groups excluding carboxylic acids is 1. The van der Waals surface area contributed by atoms with E-state index in [2.05, 4.69) is 4.98 Å². The molecular weight excluding hydrogens is 275 g/mol. The lowest BCUT2D eigenvalue weighted by molar-refractivity contribution is -0.152. The molecule has 5 nitrogen and oxygen atoms in total. The standard InChI is InChI=1S/C15H19FN2O3/c1-2-4-15(14(20)21)5-3-6-18(10-15)13(19)11-7-12(16)9-17-8-11/h7-9H,2-6,10H2,1H3,(H,20,21). The number of carboxylic acid groups (broad SMARTS) is 1. The summed E-state index contributed by atoms with van der Waals surface area (Å²) in [5.74, 6) is -1.79. The number of rotatable bonds is 4. The number of hydrogen-bond donors (Lipinski definition) is 1. The quantitative estimate of drug-likeness (QED) is 0.925. The van der Waals surface area contributed by atoms with Crippen LogP contribution in [0.1, 0.15) is 43.0 Å². The molecule has 1 amide bonds. The Labute approximate surface area is 122 Å². The second kappa shape index (κ2) is 6.20. The fraction of sp³-hybridized carbons (Fsp3) is 0.533. The van der Waals surface area contributed by atoms with Gasteiger partial charge in [0, 0.05) is 19.3 Å². The number of piperidine rings is 1. The maximum Gasteiger partial charge on any atom is 0.311 e. The maximum absolute atomic E-state index is 13.2. The lowest BCUT2D eigenvalue weighted by Crippen LogP contribution is -2.50. The number of carboxylic acids is 1. The molecule has 1 aliphatic heterocycles.